The minimum absolute atomic E-state index is 0. The Bertz CT molecular complexity index is 1030. The first-order valence-corrected chi connectivity index (χ1v) is 9.29. The standard InChI is InChI=1S/C21H22FN3O3.ClH/c22-15-3-6-17-18(13-15)21(26)24-19(20(17)28-10-7-23)14-1-4-16(5-2-14)25-8-11-27-12-9-25;/h1-6,13H,7-12,23H2,(H,24,26);1H. The summed E-state index contributed by atoms with van der Waals surface area (Å²) >= 11 is 0. The molecule has 1 saturated heterocycles. The van der Waals surface area contributed by atoms with E-state index in [1.54, 1.807) is 6.07 Å². The van der Waals surface area contributed by atoms with Crippen molar-refractivity contribution in [3.63, 3.8) is 0 Å². The Labute approximate surface area is 173 Å². The maximum absolute atomic E-state index is 13.6. The Kier molecular flexibility index (Phi) is 6.74. The lowest BCUT2D eigenvalue weighted by atomic mass is 10.0. The number of aromatic amines is 1. The van der Waals surface area contributed by atoms with Gasteiger partial charge in [0, 0.05) is 36.3 Å². The van der Waals surface area contributed by atoms with Crippen molar-refractivity contribution in [1.29, 1.82) is 0 Å². The first-order valence-electron chi connectivity index (χ1n) is 9.29. The molecule has 0 bridgehead atoms. The van der Waals surface area contributed by atoms with E-state index >= 15 is 0 Å². The number of fused-ring (bicyclic) bond motifs is 1. The molecule has 154 valence electrons. The molecule has 1 aromatic heterocycles. The first kappa shape index (κ1) is 21.1. The van der Waals surface area contributed by atoms with E-state index in [2.05, 4.69) is 9.88 Å². The molecule has 0 radical (unpaired) electrons. The molecule has 4 rings (SSSR count). The molecule has 0 unspecified atom stereocenters. The van der Waals surface area contributed by atoms with Gasteiger partial charge in [-0.25, -0.2) is 4.39 Å². The number of morpholine rings is 1. The molecule has 1 aliphatic heterocycles. The van der Waals surface area contributed by atoms with Gasteiger partial charge in [0.05, 0.1) is 24.3 Å². The van der Waals surface area contributed by atoms with Crippen LogP contribution in [0.25, 0.3) is 22.0 Å². The number of hydrogen-bond acceptors (Lipinski definition) is 5. The van der Waals surface area contributed by atoms with Crippen molar-refractivity contribution in [1.82, 2.24) is 4.98 Å². The van der Waals surface area contributed by atoms with E-state index in [-0.39, 0.29) is 30.0 Å². The van der Waals surface area contributed by atoms with Crippen LogP contribution in [0.15, 0.2) is 47.3 Å². The molecule has 0 atom stereocenters. The van der Waals surface area contributed by atoms with Gasteiger partial charge in [-0.3, -0.25) is 4.79 Å². The maximum atomic E-state index is 13.6. The van der Waals surface area contributed by atoms with E-state index in [1.807, 2.05) is 24.3 Å². The number of ether oxygens (including phenoxy) is 2. The monoisotopic (exact) mass is 419 g/mol. The smallest absolute Gasteiger partial charge is 0.256 e. The summed E-state index contributed by atoms with van der Waals surface area (Å²) in [6.45, 7) is 3.75. The summed E-state index contributed by atoms with van der Waals surface area (Å²) in [6, 6.07) is 12.0. The van der Waals surface area contributed by atoms with Crippen LogP contribution in [-0.2, 0) is 4.74 Å². The summed E-state index contributed by atoms with van der Waals surface area (Å²) in [7, 11) is 0. The molecular formula is C21H23ClFN3O3. The number of benzene rings is 2. The van der Waals surface area contributed by atoms with Crippen LogP contribution in [0.5, 0.6) is 5.75 Å². The van der Waals surface area contributed by atoms with Crippen molar-refractivity contribution in [3.8, 4) is 17.0 Å². The van der Waals surface area contributed by atoms with Gasteiger partial charge in [0.15, 0.2) is 5.75 Å². The lowest BCUT2D eigenvalue weighted by Crippen LogP contribution is -2.36. The Hall–Kier alpha value is -2.61. The molecule has 3 aromatic rings. The fourth-order valence-corrected chi connectivity index (χ4v) is 3.45. The van der Waals surface area contributed by atoms with E-state index in [0.717, 1.165) is 24.3 Å². The van der Waals surface area contributed by atoms with Crippen LogP contribution < -0.4 is 20.9 Å². The Morgan fingerprint density at radius 2 is 1.83 bits per heavy atom. The molecule has 2 aromatic carbocycles. The third-order valence-electron chi connectivity index (χ3n) is 4.83. The van der Waals surface area contributed by atoms with Gasteiger partial charge in [0.2, 0.25) is 0 Å². The number of nitrogens with two attached hydrogens (primary N) is 1. The quantitative estimate of drug-likeness (QED) is 0.664. The lowest BCUT2D eigenvalue weighted by Gasteiger charge is -2.29. The van der Waals surface area contributed by atoms with E-state index < -0.39 is 5.82 Å². The molecule has 1 aliphatic rings. The number of anilines is 1. The SMILES string of the molecule is Cl.NCCOc1c(-c2ccc(N3CCOCC3)cc2)[nH]c(=O)c2cc(F)ccc12. The number of H-pyrrole nitrogens is 1. The van der Waals surface area contributed by atoms with Gasteiger partial charge in [0.25, 0.3) is 5.56 Å². The van der Waals surface area contributed by atoms with Crippen LogP contribution in [0.1, 0.15) is 0 Å². The highest BCUT2D eigenvalue weighted by molar-refractivity contribution is 5.93. The molecule has 2 heterocycles. The number of halogens is 2. The van der Waals surface area contributed by atoms with E-state index in [4.69, 9.17) is 15.2 Å². The number of pyridine rings is 1. The number of nitrogens with one attached hydrogen (secondary N) is 1. The van der Waals surface area contributed by atoms with E-state index in [1.165, 1.54) is 12.1 Å². The summed E-state index contributed by atoms with van der Waals surface area (Å²) in [5, 5.41) is 0.812. The fourth-order valence-electron chi connectivity index (χ4n) is 3.45. The topological polar surface area (TPSA) is 80.6 Å². The predicted octanol–water partition coefficient (Wildman–Crippen LogP) is 2.93. The largest absolute Gasteiger partial charge is 0.489 e. The highest BCUT2D eigenvalue weighted by Crippen LogP contribution is 2.34. The maximum Gasteiger partial charge on any atom is 0.256 e. The van der Waals surface area contributed by atoms with Gasteiger partial charge < -0.3 is 25.1 Å². The van der Waals surface area contributed by atoms with Crippen LogP contribution >= 0.6 is 12.4 Å². The van der Waals surface area contributed by atoms with Crippen molar-refractivity contribution in [2.45, 2.75) is 0 Å². The van der Waals surface area contributed by atoms with Crippen LogP contribution in [0.4, 0.5) is 10.1 Å². The zero-order valence-corrected chi connectivity index (χ0v) is 16.6. The van der Waals surface area contributed by atoms with E-state index in [9.17, 15) is 9.18 Å². The zero-order chi connectivity index (χ0) is 19.5. The zero-order valence-electron chi connectivity index (χ0n) is 15.8. The summed E-state index contributed by atoms with van der Waals surface area (Å²) in [5.74, 6) is 0.0320. The molecule has 6 nitrogen and oxygen atoms in total. The predicted molar refractivity (Wildman–Crippen MR) is 115 cm³/mol. The molecule has 29 heavy (non-hydrogen) atoms. The molecule has 0 aliphatic carbocycles. The highest BCUT2D eigenvalue weighted by atomic mass is 35.5. The number of aromatic nitrogens is 1. The molecule has 0 spiro atoms. The highest BCUT2D eigenvalue weighted by Gasteiger charge is 2.16. The number of hydrogen-bond donors (Lipinski definition) is 2. The number of rotatable bonds is 5. The molecule has 1 fully saturated rings. The van der Waals surface area contributed by atoms with Crippen LogP contribution in [0.2, 0.25) is 0 Å². The van der Waals surface area contributed by atoms with Gasteiger partial charge in [-0.15, -0.1) is 12.4 Å². The Morgan fingerprint density at radius 3 is 2.52 bits per heavy atom. The van der Waals surface area contributed by atoms with Gasteiger partial charge in [-0.05, 0) is 30.3 Å². The summed E-state index contributed by atoms with van der Waals surface area (Å²) in [4.78, 5) is 17.6. The average Bonchev–Trinajstić information content (AvgIpc) is 2.74. The van der Waals surface area contributed by atoms with Crippen LogP contribution in [0.3, 0.4) is 0 Å². The normalized spacial score (nSPS) is 13.9. The van der Waals surface area contributed by atoms with Crippen molar-refractivity contribution in [2.24, 2.45) is 5.73 Å². The minimum atomic E-state index is -0.467. The second-order valence-corrected chi connectivity index (χ2v) is 6.63. The Balaban J connectivity index is 0.00000240. The third kappa shape index (κ3) is 4.37. The second kappa shape index (κ2) is 9.26. The van der Waals surface area contributed by atoms with E-state index in [0.29, 0.717) is 36.6 Å². The van der Waals surface area contributed by atoms with Gasteiger partial charge >= 0.3 is 0 Å². The summed E-state index contributed by atoms with van der Waals surface area (Å²) in [6.07, 6.45) is 0. The number of nitrogens with zero attached hydrogens (tertiary/aromatic N) is 1. The average molecular weight is 420 g/mol. The third-order valence-corrected chi connectivity index (χ3v) is 4.83. The van der Waals surface area contributed by atoms with Crippen molar-refractivity contribution >= 4 is 28.9 Å². The molecule has 8 heteroatoms. The van der Waals surface area contributed by atoms with Crippen molar-refractivity contribution < 1.29 is 13.9 Å². The van der Waals surface area contributed by atoms with Gasteiger partial charge in [-0.1, -0.05) is 12.1 Å². The molecule has 0 amide bonds. The van der Waals surface area contributed by atoms with Crippen molar-refractivity contribution in [2.75, 3.05) is 44.4 Å². The molecule has 3 N–H and O–H groups in total. The summed E-state index contributed by atoms with van der Waals surface area (Å²) in [5.41, 5.74) is 7.71. The van der Waals surface area contributed by atoms with Crippen LogP contribution in [0, 0.1) is 5.82 Å². The lowest BCUT2D eigenvalue weighted by molar-refractivity contribution is 0.122. The minimum Gasteiger partial charge on any atom is -0.489 e. The molecule has 0 saturated carbocycles. The fraction of sp³-hybridized carbons (Fsp3) is 0.286. The van der Waals surface area contributed by atoms with Crippen molar-refractivity contribution in [3.05, 3.63) is 58.6 Å². The van der Waals surface area contributed by atoms with Gasteiger partial charge in [0.1, 0.15) is 12.4 Å². The van der Waals surface area contributed by atoms with Crippen LogP contribution in [-0.4, -0.2) is 44.4 Å². The van der Waals surface area contributed by atoms with Gasteiger partial charge in [-0.2, -0.15) is 0 Å². The summed E-state index contributed by atoms with van der Waals surface area (Å²) < 4.78 is 24.9. The molecular weight excluding hydrogens is 397 g/mol. The Morgan fingerprint density at radius 1 is 1.10 bits per heavy atom. The second-order valence-electron chi connectivity index (χ2n) is 6.63. The first-order chi connectivity index (χ1) is 13.7.